The van der Waals surface area contributed by atoms with Crippen molar-refractivity contribution in [2.45, 2.75) is 95.5 Å². The van der Waals surface area contributed by atoms with E-state index < -0.39 is 11.6 Å². The van der Waals surface area contributed by atoms with Gasteiger partial charge in [0.25, 0.3) is 0 Å². The first-order valence-corrected chi connectivity index (χ1v) is 14.0. The summed E-state index contributed by atoms with van der Waals surface area (Å²) in [6.45, 7) is 7.19. The third kappa shape index (κ3) is 6.97. The third-order valence-corrected chi connectivity index (χ3v) is 8.25. The summed E-state index contributed by atoms with van der Waals surface area (Å²) in [5.41, 5.74) is 3.11. The second-order valence-electron chi connectivity index (χ2n) is 10.7. The Labute approximate surface area is 216 Å². The molecule has 196 valence electrons. The molecule has 4 heteroatoms. The summed E-state index contributed by atoms with van der Waals surface area (Å²) >= 11 is 0. The lowest BCUT2D eigenvalue weighted by atomic mass is 9.78. The molecule has 36 heavy (non-hydrogen) atoms. The molecule has 0 bridgehead atoms. The molecule has 0 unspecified atom stereocenters. The standard InChI is InChI=1S/C32H42F2O2/c1-3-5-6-21-35-30-20-19-29(31(33)32(30)34)27-15-17-28(18-16-27)36-22-24-9-13-26(14-10-24)25-11-7-23(4-2)8-12-25/h4,7-8,11-12,19-20,24,26-28H,2-3,5-6,9-10,13-18,21-22H2,1H3. The molecule has 0 radical (unpaired) electrons. The van der Waals surface area contributed by atoms with E-state index >= 15 is 0 Å². The second-order valence-corrected chi connectivity index (χ2v) is 10.7. The zero-order valence-corrected chi connectivity index (χ0v) is 21.8. The molecule has 0 heterocycles. The first kappa shape index (κ1) is 26.9. The van der Waals surface area contributed by atoms with Crippen molar-refractivity contribution in [2.24, 2.45) is 5.92 Å². The van der Waals surface area contributed by atoms with Crippen molar-refractivity contribution in [1.29, 1.82) is 0 Å². The van der Waals surface area contributed by atoms with Gasteiger partial charge in [-0.25, -0.2) is 4.39 Å². The van der Waals surface area contributed by atoms with Crippen LogP contribution in [-0.4, -0.2) is 19.3 Å². The predicted molar refractivity (Wildman–Crippen MR) is 144 cm³/mol. The average molecular weight is 497 g/mol. The highest BCUT2D eigenvalue weighted by atomic mass is 19.2. The van der Waals surface area contributed by atoms with Gasteiger partial charge in [-0.2, -0.15) is 4.39 Å². The van der Waals surface area contributed by atoms with Crippen molar-refractivity contribution < 1.29 is 18.3 Å². The summed E-state index contributed by atoms with van der Waals surface area (Å²) in [4.78, 5) is 0. The molecule has 0 N–H and O–H groups in total. The minimum Gasteiger partial charge on any atom is -0.490 e. The summed E-state index contributed by atoms with van der Waals surface area (Å²) in [5, 5.41) is 0. The van der Waals surface area contributed by atoms with Gasteiger partial charge < -0.3 is 9.47 Å². The number of hydrogen-bond donors (Lipinski definition) is 0. The first-order valence-electron chi connectivity index (χ1n) is 14.0. The van der Waals surface area contributed by atoms with Crippen molar-refractivity contribution in [3.63, 3.8) is 0 Å². The van der Waals surface area contributed by atoms with Crippen molar-refractivity contribution in [3.8, 4) is 5.75 Å². The summed E-state index contributed by atoms with van der Waals surface area (Å²) in [5.74, 6) is -0.205. The molecule has 0 spiro atoms. The predicted octanol–water partition coefficient (Wildman–Crippen LogP) is 9.19. The van der Waals surface area contributed by atoms with Crippen LogP contribution in [0.4, 0.5) is 8.78 Å². The zero-order valence-electron chi connectivity index (χ0n) is 21.8. The topological polar surface area (TPSA) is 18.5 Å². The molecule has 2 aromatic carbocycles. The van der Waals surface area contributed by atoms with Crippen molar-refractivity contribution in [3.05, 3.63) is 71.3 Å². The molecule has 2 aromatic rings. The van der Waals surface area contributed by atoms with E-state index in [0.717, 1.165) is 51.6 Å². The van der Waals surface area contributed by atoms with Crippen LogP contribution in [0, 0.1) is 17.6 Å². The molecule has 0 amide bonds. The van der Waals surface area contributed by atoms with Crippen LogP contribution in [0.3, 0.4) is 0 Å². The van der Waals surface area contributed by atoms with Crippen LogP contribution in [0.1, 0.15) is 106 Å². The van der Waals surface area contributed by atoms with E-state index in [0.29, 0.717) is 24.0 Å². The Hall–Kier alpha value is -2.20. The van der Waals surface area contributed by atoms with E-state index in [4.69, 9.17) is 9.47 Å². The molecule has 4 rings (SSSR count). The zero-order chi connectivity index (χ0) is 25.3. The number of hydrogen-bond acceptors (Lipinski definition) is 2. The van der Waals surface area contributed by atoms with Gasteiger partial charge in [0.05, 0.1) is 12.7 Å². The van der Waals surface area contributed by atoms with Gasteiger partial charge >= 0.3 is 0 Å². The number of benzene rings is 2. The van der Waals surface area contributed by atoms with Gasteiger partial charge in [0.1, 0.15) is 0 Å². The molecule has 0 aliphatic heterocycles. The lowest BCUT2D eigenvalue weighted by molar-refractivity contribution is -0.00289. The molecule has 2 saturated carbocycles. The smallest absolute Gasteiger partial charge is 0.200 e. The highest BCUT2D eigenvalue weighted by molar-refractivity contribution is 5.47. The van der Waals surface area contributed by atoms with Gasteiger partial charge in [0.15, 0.2) is 11.6 Å². The maximum Gasteiger partial charge on any atom is 0.200 e. The van der Waals surface area contributed by atoms with Gasteiger partial charge in [-0.15, -0.1) is 0 Å². The largest absolute Gasteiger partial charge is 0.490 e. The van der Waals surface area contributed by atoms with Gasteiger partial charge in [0, 0.05) is 6.61 Å². The molecule has 0 saturated heterocycles. The number of rotatable bonds is 11. The Morgan fingerprint density at radius 3 is 2.19 bits per heavy atom. The second kappa shape index (κ2) is 13.4. The van der Waals surface area contributed by atoms with Crippen molar-refractivity contribution >= 4 is 6.08 Å². The SMILES string of the molecule is C=Cc1ccc(C2CCC(COC3CCC(c4ccc(OCCCCC)c(F)c4F)CC3)CC2)cc1. The maximum atomic E-state index is 14.8. The fourth-order valence-corrected chi connectivity index (χ4v) is 5.89. The molecule has 0 aromatic heterocycles. The van der Waals surface area contributed by atoms with E-state index in [1.54, 1.807) is 12.1 Å². The van der Waals surface area contributed by atoms with Crippen LogP contribution in [0.25, 0.3) is 6.08 Å². The first-order chi connectivity index (χ1) is 17.6. The van der Waals surface area contributed by atoms with Crippen LogP contribution >= 0.6 is 0 Å². The lowest BCUT2D eigenvalue weighted by Crippen LogP contribution is -2.25. The highest BCUT2D eigenvalue weighted by Gasteiger charge is 2.28. The molecule has 2 fully saturated rings. The van der Waals surface area contributed by atoms with E-state index in [1.807, 2.05) is 6.08 Å². The van der Waals surface area contributed by atoms with E-state index in [-0.39, 0.29) is 17.8 Å². The van der Waals surface area contributed by atoms with E-state index in [2.05, 4.69) is 37.8 Å². The number of unbranched alkanes of at least 4 members (excludes halogenated alkanes) is 2. The van der Waals surface area contributed by atoms with E-state index in [9.17, 15) is 8.78 Å². The summed E-state index contributed by atoms with van der Waals surface area (Å²) < 4.78 is 41.2. The Balaban J connectivity index is 1.18. The normalized spacial score (nSPS) is 24.4. The highest BCUT2D eigenvalue weighted by Crippen LogP contribution is 2.39. The van der Waals surface area contributed by atoms with Gasteiger partial charge in [-0.3, -0.25) is 0 Å². The fraction of sp³-hybridized carbons (Fsp3) is 0.562. The summed E-state index contributed by atoms with van der Waals surface area (Å²) in [7, 11) is 0. The molecule has 2 nitrogen and oxygen atoms in total. The Morgan fingerprint density at radius 1 is 0.833 bits per heavy atom. The molecule has 2 aliphatic rings. The monoisotopic (exact) mass is 496 g/mol. The summed E-state index contributed by atoms with van der Waals surface area (Å²) in [6.07, 6.45) is 13.4. The van der Waals surface area contributed by atoms with Crippen molar-refractivity contribution in [2.75, 3.05) is 13.2 Å². The van der Waals surface area contributed by atoms with Gasteiger partial charge in [-0.05, 0) is 98.3 Å². The summed E-state index contributed by atoms with van der Waals surface area (Å²) in [6, 6.07) is 12.1. The van der Waals surface area contributed by atoms with Crippen LogP contribution in [0.15, 0.2) is 43.0 Å². The molecular weight excluding hydrogens is 454 g/mol. The third-order valence-electron chi connectivity index (χ3n) is 8.25. The van der Waals surface area contributed by atoms with Crippen LogP contribution in [0.5, 0.6) is 5.75 Å². The van der Waals surface area contributed by atoms with Gasteiger partial charge in [-0.1, -0.05) is 62.8 Å². The maximum absolute atomic E-state index is 14.8. The van der Waals surface area contributed by atoms with Crippen LogP contribution < -0.4 is 4.74 Å². The number of halogens is 2. The quantitative estimate of drug-likeness (QED) is 0.289. The van der Waals surface area contributed by atoms with Crippen molar-refractivity contribution in [1.82, 2.24) is 0 Å². The average Bonchev–Trinajstić information content (AvgIpc) is 2.93. The minimum absolute atomic E-state index is 0.0351. The Kier molecular flexibility index (Phi) is 9.98. The van der Waals surface area contributed by atoms with E-state index in [1.165, 1.54) is 36.8 Å². The number of ether oxygens (including phenoxy) is 2. The molecule has 0 atom stereocenters. The minimum atomic E-state index is -0.838. The molecular formula is C32H42F2O2. The lowest BCUT2D eigenvalue weighted by Gasteiger charge is -2.32. The molecule has 2 aliphatic carbocycles. The fourth-order valence-electron chi connectivity index (χ4n) is 5.89. The van der Waals surface area contributed by atoms with Crippen LogP contribution in [-0.2, 0) is 4.74 Å². The Bertz CT molecular complexity index is 955. The Morgan fingerprint density at radius 2 is 1.53 bits per heavy atom. The van der Waals surface area contributed by atoms with Crippen LogP contribution in [0.2, 0.25) is 0 Å². The van der Waals surface area contributed by atoms with Gasteiger partial charge in [0.2, 0.25) is 5.82 Å².